The minimum absolute atomic E-state index is 0.139. The lowest BCUT2D eigenvalue weighted by molar-refractivity contribution is 0.534. The standard InChI is InChI=1S/C13H18ClN3S/c1-3-7-15-12(13-10(14)6-9-18-13)11-5-8-16-17(11)4-2/h5-6,8-9,12,15H,3-4,7H2,1-2H3. The molecule has 2 aromatic rings. The molecule has 98 valence electrons. The summed E-state index contributed by atoms with van der Waals surface area (Å²) >= 11 is 7.96. The minimum atomic E-state index is 0.139. The van der Waals surface area contributed by atoms with Crippen molar-refractivity contribution in [2.75, 3.05) is 6.54 Å². The molecular weight excluding hydrogens is 266 g/mol. The lowest BCUT2D eigenvalue weighted by atomic mass is 10.1. The van der Waals surface area contributed by atoms with Crippen molar-refractivity contribution in [1.82, 2.24) is 15.1 Å². The maximum absolute atomic E-state index is 6.27. The second kappa shape index (κ2) is 6.36. The predicted molar refractivity (Wildman–Crippen MR) is 77.4 cm³/mol. The van der Waals surface area contributed by atoms with Gasteiger partial charge in [-0.3, -0.25) is 4.68 Å². The highest BCUT2D eigenvalue weighted by Crippen LogP contribution is 2.32. The van der Waals surface area contributed by atoms with Crippen LogP contribution in [0.15, 0.2) is 23.7 Å². The van der Waals surface area contributed by atoms with Gasteiger partial charge >= 0.3 is 0 Å². The van der Waals surface area contributed by atoms with Crippen LogP contribution in [0.3, 0.4) is 0 Å². The predicted octanol–water partition coefficient (Wildman–Crippen LogP) is 3.71. The van der Waals surface area contributed by atoms with Gasteiger partial charge < -0.3 is 5.32 Å². The van der Waals surface area contributed by atoms with E-state index in [-0.39, 0.29) is 6.04 Å². The summed E-state index contributed by atoms with van der Waals surface area (Å²) in [5.74, 6) is 0. The molecule has 0 aliphatic rings. The zero-order valence-electron chi connectivity index (χ0n) is 10.7. The van der Waals surface area contributed by atoms with Gasteiger partial charge in [0, 0.05) is 17.6 Å². The smallest absolute Gasteiger partial charge is 0.0856 e. The van der Waals surface area contributed by atoms with Crippen molar-refractivity contribution in [1.29, 1.82) is 0 Å². The normalized spacial score (nSPS) is 12.8. The van der Waals surface area contributed by atoms with E-state index in [4.69, 9.17) is 11.6 Å². The third kappa shape index (κ3) is 2.76. The molecule has 0 amide bonds. The summed E-state index contributed by atoms with van der Waals surface area (Å²) in [5.41, 5.74) is 1.18. The quantitative estimate of drug-likeness (QED) is 0.876. The molecule has 0 saturated heterocycles. The van der Waals surface area contributed by atoms with Gasteiger partial charge in [-0.25, -0.2) is 0 Å². The summed E-state index contributed by atoms with van der Waals surface area (Å²) in [6, 6.07) is 4.15. The third-order valence-electron chi connectivity index (χ3n) is 2.85. The molecule has 5 heteroatoms. The number of nitrogens with zero attached hydrogens (tertiary/aromatic N) is 2. The van der Waals surface area contributed by atoms with Crippen molar-refractivity contribution in [2.45, 2.75) is 32.9 Å². The number of thiophene rings is 1. The molecule has 0 aliphatic heterocycles. The number of rotatable bonds is 6. The fourth-order valence-electron chi connectivity index (χ4n) is 1.98. The summed E-state index contributed by atoms with van der Waals surface area (Å²) in [6.07, 6.45) is 2.95. The Morgan fingerprint density at radius 2 is 2.28 bits per heavy atom. The molecule has 18 heavy (non-hydrogen) atoms. The van der Waals surface area contributed by atoms with Gasteiger partial charge in [0.15, 0.2) is 0 Å². The Hall–Kier alpha value is -0.840. The number of hydrogen-bond acceptors (Lipinski definition) is 3. The van der Waals surface area contributed by atoms with Crippen LogP contribution in [0.5, 0.6) is 0 Å². The van der Waals surface area contributed by atoms with Crippen molar-refractivity contribution in [3.05, 3.63) is 39.3 Å². The molecular formula is C13H18ClN3S. The van der Waals surface area contributed by atoms with Crippen LogP contribution in [0.2, 0.25) is 5.02 Å². The zero-order chi connectivity index (χ0) is 13.0. The first-order valence-electron chi connectivity index (χ1n) is 6.25. The molecule has 0 aromatic carbocycles. The summed E-state index contributed by atoms with van der Waals surface area (Å²) in [4.78, 5) is 1.17. The van der Waals surface area contributed by atoms with Gasteiger partial charge in [-0.05, 0) is 37.4 Å². The number of aromatic nitrogens is 2. The van der Waals surface area contributed by atoms with E-state index in [9.17, 15) is 0 Å². The summed E-state index contributed by atoms with van der Waals surface area (Å²) < 4.78 is 2.02. The molecule has 2 rings (SSSR count). The Balaban J connectivity index is 2.34. The first kappa shape index (κ1) is 13.6. The maximum atomic E-state index is 6.27. The van der Waals surface area contributed by atoms with E-state index >= 15 is 0 Å². The van der Waals surface area contributed by atoms with Gasteiger partial charge in [-0.15, -0.1) is 11.3 Å². The molecule has 1 unspecified atom stereocenters. The monoisotopic (exact) mass is 283 g/mol. The Morgan fingerprint density at radius 1 is 1.44 bits per heavy atom. The average Bonchev–Trinajstić information content (AvgIpc) is 2.99. The molecule has 0 saturated carbocycles. The molecule has 2 aromatic heterocycles. The largest absolute Gasteiger partial charge is 0.304 e. The van der Waals surface area contributed by atoms with Crippen LogP contribution in [-0.2, 0) is 6.54 Å². The Morgan fingerprint density at radius 3 is 2.89 bits per heavy atom. The van der Waals surface area contributed by atoms with Crippen LogP contribution < -0.4 is 5.32 Å². The average molecular weight is 284 g/mol. The molecule has 0 bridgehead atoms. The topological polar surface area (TPSA) is 29.9 Å². The summed E-state index contributed by atoms with van der Waals surface area (Å²) in [7, 11) is 0. The van der Waals surface area contributed by atoms with E-state index in [2.05, 4.69) is 30.3 Å². The number of halogens is 1. The molecule has 0 aliphatic carbocycles. The van der Waals surface area contributed by atoms with E-state index in [1.807, 2.05) is 22.3 Å². The third-order valence-corrected chi connectivity index (χ3v) is 4.27. The minimum Gasteiger partial charge on any atom is -0.304 e. The fourth-order valence-corrected chi connectivity index (χ4v) is 3.24. The van der Waals surface area contributed by atoms with Crippen LogP contribution in [0.1, 0.15) is 36.9 Å². The highest BCUT2D eigenvalue weighted by molar-refractivity contribution is 7.10. The van der Waals surface area contributed by atoms with Gasteiger partial charge in [0.05, 0.1) is 16.8 Å². The van der Waals surface area contributed by atoms with Crippen LogP contribution >= 0.6 is 22.9 Å². The van der Waals surface area contributed by atoms with Gasteiger partial charge in [0.1, 0.15) is 0 Å². The van der Waals surface area contributed by atoms with Crippen LogP contribution in [0.25, 0.3) is 0 Å². The zero-order valence-corrected chi connectivity index (χ0v) is 12.3. The summed E-state index contributed by atoms with van der Waals surface area (Å²) in [6.45, 7) is 6.10. The van der Waals surface area contributed by atoms with E-state index < -0.39 is 0 Å². The van der Waals surface area contributed by atoms with Crippen molar-refractivity contribution in [3.63, 3.8) is 0 Å². The van der Waals surface area contributed by atoms with Crippen LogP contribution in [0, 0.1) is 0 Å². The second-order valence-electron chi connectivity index (χ2n) is 4.09. The number of nitrogens with one attached hydrogen (secondary N) is 1. The van der Waals surface area contributed by atoms with E-state index in [0.29, 0.717) is 0 Å². The maximum Gasteiger partial charge on any atom is 0.0856 e. The molecule has 1 N–H and O–H groups in total. The summed E-state index contributed by atoms with van der Waals surface area (Å²) in [5, 5.41) is 10.8. The van der Waals surface area contributed by atoms with Gasteiger partial charge in [0.25, 0.3) is 0 Å². The Labute approximate surface area is 117 Å². The Kier molecular flexibility index (Phi) is 4.80. The van der Waals surface area contributed by atoms with Crippen LogP contribution in [0.4, 0.5) is 0 Å². The SMILES string of the molecule is CCCNC(c1sccc1Cl)c1ccnn1CC. The molecule has 2 heterocycles. The molecule has 0 radical (unpaired) electrons. The van der Waals surface area contributed by atoms with Crippen molar-refractivity contribution >= 4 is 22.9 Å². The second-order valence-corrected chi connectivity index (χ2v) is 5.45. The molecule has 1 atom stereocenters. The van der Waals surface area contributed by atoms with Crippen molar-refractivity contribution in [2.24, 2.45) is 0 Å². The lowest BCUT2D eigenvalue weighted by Crippen LogP contribution is -2.25. The number of aryl methyl sites for hydroxylation is 1. The Bertz CT molecular complexity index is 492. The molecule has 0 fully saturated rings. The first-order chi connectivity index (χ1) is 8.77. The van der Waals surface area contributed by atoms with Crippen LogP contribution in [-0.4, -0.2) is 16.3 Å². The van der Waals surface area contributed by atoms with E-state index in [1.54, 1.807) is 11.3 Å². The first-order valence-corrected chi connectivity index (χ1v) is 7.51. The van der Waals surface area contributed by atoms with Gasteiger partial charge in [0.2, 0.25) is 0 Å². The van der Waals surface area contributed by atoms with Gasteiger partial charge in [-0.2, -0.15) is 5.10 Å². The molecule has 3 nitrogen and oxygen atoms in total. The van der Waals surface area contributed by atoms with Crippen molar-refractivity contribution < 1.29 is 0 Å². The fraction of sp³-hybridized carbons (Fsp3) is 0.462. The van der Waals surface area contributed by atoms with Gasteiger partial charge in [-0.1, -0.05) is 18.5 Å². The highest BCUT2D eigenvalue weighted by Gasteiger charge is 2.20. The van der Waals surface area contributed by atoms with Crippen molar-refractivity contribution in [3.8, 4) is 0 Å². The molecule has 0 spiro atoms. The van der Waals surface area contributed by atoms with E-state index in [0.717, 1.165) is 24.5 Å². The highest BCUT2D eigenvalue weighted by atomic mass is 35.5. The lowest BCUT2D eigenvalue weighted by Gasteiger charge is -2.19. The van der Waals surface area contributed by atoms with E-state index in [1.165, 1.54) is 10.6 Å². The number of hydrogen-bond donors (Lipinski definition) is 1.